The molecule has 0 radical (unpaired) electrons. The molecule has 0 spiro atoms. The quantitative estimate of drug-likeness (QED) is 0.882. The summed E-state index contributed by atoms with van der Waals surface area (Å²) in [5, 5.41) is 0. The van der Waals surface area contributed by atoms with Gasteiger partial charge in [-0.05, 0) is 18.9 Å². The van der Waals surface area contributed by atoms with Gasteiger partial charge in [-0.2, -0.15) is 13.2 Å². The molecular weight excluding hydrogens is 243 g/mol. The van der Waals surface area contributed by atoms with Crippen molar-refractivity contribution in [2.24, 2.45) is 5.73 Å². The van der Waals surface area contributed by atoms with Crippen LogP contribution in [-0.4, -0.2) is 18.8 Å². The second-order valence-corrected chi connectivity index (χ2v) is 4.33. The van der Waals surface area contributed by atoms with E-state index in [2.05, 4.69) is 0 Å². The van der Waals surface area contributed by atoms with Gasteiger partial charge >= 0.3 is 6.18 Å². The highest BCUT2D eigenvalue weighted by atomic mass is 19.4. The first-order chi connectivity index (χ1) is 8.33. The molecule has 2 atom stereocenters. The van der Waals surface area contributed by atoms with Crippen LogP contribution in [0.5, 0.6) is 0 Å². The molecule has 0 aliphatic heterocycles. The molecule has 18 heavy (non-hydrogen) atoms. The van der Waals surface area contributed by atoms with Gasteiger partial charge in [-0.3, -0.25) is 0 Å². The Morgan fingerprint density at radius 1 is 1.22 bits per heavy atom. The summed E-state index contributed by atoms with van der Waals surface area (Å²) in [7, 11) is 0. The molecule has 0 saturated heterocycles. The van der Waals surface area contributed by atoms with E-state index in [9.17, 15) is 13.2 Å². The first kappa shape index (κ1) is 15.0. The van der Waals surface area contributed by atoms with E-state index in [0.717, 1.165) is 5.56 Å². The SMILES string of the molecule is CCC(N)C(OCC(F)(F)F)c1ccc(C)cc1. The van der Waals surface area contributed by atoms with Gasteiger partial charge in [0.15, 0.2) is 0 Å². The first-order valence-electron chi connectivity index (χ1n) is 5.84. The number of aryl methyl sites for hydroxylation is 1. The van der Waals surface area contributed by atoms with Crippen molar-refractivity contribution in [3.8, 4) is 0 Å². The van der Waals surface area contributed by atoms with Crippen LogP contribution in [-0.2, 0) is 4.74 Å². The molecule has 2 unspecified atom stereocenters. The highest BCUT2D eigenvalue weighted by Gasteiger charge is 2.31. The third kappa shape index (κ3) is 4.66. The van der Waals surface area contributed by atoms with Crippen LogP contribution in [0.4, 0.5) is 13.2 Å². The monoisotopic (exact) mass is 261 g/mol. The van der Waals surface area contributed by atoms with E-state index in [4.69, 9.17) is 10.5 Å². The van der Waals surface area contributed by atoms with Crippen molar-refractivity contribution in [1.82, 2.24) is 0 Å². The topological polar surface area (TPSA) is 35.2 Å². The second-order valence-electron chi connectivity index (χ2n) is 4.33. The van der Waals surface area contributed by atoms with Gasteiger partial charge in [-0.15, -0.1) is 0 Å². The van der Waals surface area contributed by atoms with Crippen LogP contribution in [0.15, 0.2) is 24.3 Å². The van der Waals surface area contributed by atoms with Crippen molar-refractivity contribution in [2.45, 2.75) is 38.6 Å². The maximum absolute atomic E-state index is 12.2. The summed E-state index contributed by atoms with van der Waals surface area (Å²) in [6.07, 6.45) is -4.51. The van der Waals surface area contributed by atoms with Gasteiger partial charge in [0, 0.05) is 6.04 Å². The summed E-state index contributed by atoms with van der Waals surface area (Å²) >= 11 is 0. The van der Waals surface area contributed by atoms with Crippen LogP contribution in [0.1, 0.15) is 30.6 Å². The van der Waals surface area contributed by atoms with Crippen molar-refractivity contribution in [3.05, 3.63) is 35.4 Å². The van der Waals surface area contributed by atoms with E-state index in [1.807, 2.05) is 26.0 Å². The molecule has 102 valence electrons. The number of halogens is 3. The number of alkyl halides is 3. The number of hydrogen-bond acceptors (Lipinski definition) is 2. The zero-order valence-electron chi connectivity index (χ0n) is 10.5. The molecule has 0 aliphatic carbocycles. The first-order valence-corrected chi connectivity index (χ1v) is 5.84. The van der Waals surface area contributed by atoms with Crippen molar-refractivity contribution in [3.63, 3.8) is 0 Å². The van der Waals surface area contributed by atoms with Gasteiger partial charge in [-0.25, -0.2) is 0 Å². The van der Waals surface area contributed by atoms with Gasteiger partial charge in [0.05, 0.1) is 6.10 Å². The number of benzene rings is 1. The van der Waals surface area contributed by atoms with E-state index in [1.54, 1.807) is 12.1 Å². The molecular formula is C13H18F3NO. The molecule has 1 aromatic carbocycles. The van der Waals surface area contributed by atoms with Crippen LogP contribution in [0.3, 0.4) is 0 Å². The molecule has 0 bridgehead atoms. The van der Waals surface area contributed by atoms with E-state index < -0.39 is 24.9 Å². The zero-order valence-corrected chi connectivity index (χ0v) is 10.5. The molecule has 2 N–H and O–H groups in total. The van der Waals surface area contributed by atoms with E-state index in [1.165, 1.54) is 0 Å². The predicted molar refractivity (Wildman–Crippen MR) is 64.2 cm³/mol. The number of nitrogens with two attached hydrogens (primary N) is 1. The Morgan fingerprint density at radius 3 is 2.22 bits per heavy atom. The van der Waals surface area contributed by atoms with Crippen molar-refractivity contribution >= 4 is 0 Å². The number of ether oxygens (including phenoxy) is 1. The van der Waals surface area contributed by atoms with Gasteiger partial charge in [0.2, 0.25) is 0 Å². The van der Waals surface area contributed by atoms with Crippen LogP contribution in [0, 0.1) is 6.92 Å². The molecule has 0 aliphatic rings. The van der Waals surface area contributed by atoms with Crippen LogP contribution in [0.2, 0.25) is 0 Å². The lowest BCUT2D eigenvalue weighted by Crippen LogP contribution is -2.32. The Hall–Kier alpha value is -1.07. The Morgan fingerprint density at radius 2 is 1.78 bits per heavy atom. The fraction of sp³-hybridized carbons (Fsp3) is 0.538. The lowest BCUT2D eigenvalue weighted by Gasteiger charge is -2.24. The summed E-state index contributed by atoms with van der Waals surface area (Å²) in [5.41, 5.74) is 7.54. The third-order valence-corrected chi connectivity index (χ3v) is 2.69. The molecule has 5 heteroatoms. The summed E-state index contributed by atoms with van der Waals surface area (Å²) in [4.78, 5) is 0. The highest BCUT2D eigenvalue weighted by molar-refractivity contribution is 5.24. The second kappa shape index (κ2) is 6.20. The number of hydrogen-bond donors (Lipinski definition) is 1. The molecule has 1 aromatic rings. The molecule has 0 fully saturated rings. The Bertz CT molecular complexity index is 361. The van der Waals surface area contributed by atoms with Crippen LogP contribution in [0.25, 0.3) is 0 Å². The van der Waals surface area contributed by atoms with E-state index in [-0.39, 0.29) is 0 Å². The minimum Gasteiger partial charge on any atom is -0.362 e. The fourth-order valence-electron chi connectivity index (χ4n) is 1.62. The standard InChI is InChI=1S/C13H18F3NO/c1-3-11(17)12(18-8-13(14,15)16)10-6-4-9(2)5-7-10/h4-7,11-12H,3,8,17H2,1-2H3. The Balaban J connectivity index is 2.81. The lowest BCUT2D eigenvalue weighted by atomic mass is 10.00. The molecule has 0 saturated carbocycles. The summed E-state index contributed by atoms with van der Waals surface area (Å²) in [6, 6.07) is 6.73. The van der Waals surface area contributed by atoms with Crippen molar-refractivity contribution < 1.29 is 17.9 Å². The minimum absolute atomic E-state index is 0.449. The van der Waals surface area contributed by atoms with Crippen LogP contribution >= 0.6 is 0 Å². The number of rotatable bonds is 5. The van der Waals surface area contributed by atoms with Gasteiger partial charge in [-0.1, -0.05) is 36.8 Å². The molecule has 0 heterocycles. The van der Waals surface area contributed by atoms with Crippen LogP contribution < -0.4 is 5.73 Å². The average molecular weight is 261 g/mol. The summed E-state index contributed by atoms with van der Waals surface area (Å²) < 4.78 is 41.5. The molecule has 0 aromatic heterocycles. The van der Waals surface area contributed by atoms with Gasteiger partial charge in [0.1, 0.15) is 6.61 Å². The largest absolute Gasteiger partial charge is 0.411 e. The highest BCUT2D eigenvalue weighted by Crippen LogP contribution is 2.26. The maximum atomic E-state index is 12.2. The Labute approximate surface area is 105 Å². The normalized spacial score (nSPS) is 15.4. The molecule has 0 amide bonds. The lowest BCUT2D eigenvalue weighted by molar-refractivity contribution is -0.188. The summed E-state index contributed by atoms with van der Waals surface area (Å²) in [5.74, 6) is 0. The maximum Gasteiger partial charge on any atom is 0.411 e. The van der Waals surface area contributed by atoms with Gasteiger partial charge in [0.25, 0.3) is 0 Å². The average Bonchev–Trinajstić information content (AvgIpc) is 2.29. The van der Waals surface area contributed by atoms with Crippen molar-refractivity contribution in [1.29, 1.82) is 0 Å². The smallest absolute Gasteiger partial charge is 0.362 e. The molecule has 2 nitrogen and oxygen atoms in total. The van der Waals surface area contributed by atoms with Crippen molar-refractivity contribution in [2.75, 3.05) is 6.61 Å². The zero-order chi connectivity index (χ0) is 13.8. The third-order valence-electron chi connectivity index (χ3n) is 2.69. The molecule has 1 rings (SSSR count). The minimum atomic E-state index is -4.34. The van der Waals surface area contributed by atoms with E-state index in [0.29, 0.717) is 12.0 Å². The fourth-order valence-corrected chi connectivity index (χ4v) is 1.62. The predicted octanol–water partition coefficient (Wildman–Crippen LogP) is 3.35. The Kier molecular flexibility index (Phi) is 5.16. The van der Waals surface area contributed by atoms with E-state index >= 15 is 0 Å². The van der Waals surface area contributed by atoms with Gasteiger partial charge < -0.3 is 10.5 Å². The summed E-state index contributed by atoms with van der Waals surface area (Å²) in [6.45, 7) is 2.46.